The van der Waals surface area contributed by atoms with E-state index in [1.807, 2.05) is 6.26 Å². The van der Waals surface area contributed by atoms with Gasteiger partial charge in [-0.05, 0) is 12.3 Å². The van der Waals surface area contributed by atoms with Crippen molar-refractivity contribution in [2.75, 3.05) is 18.6 Å². The Labute approximate surface area is 132 Å². The van der Waals surface area contributed by atoms with E-state index >= 15 is 0 Å². The van der Waals surface area contributed by atoms with E-state index in [0.717, 1.165) is 0 Å². The monoisotopic (exact) mass is 324 g/mol. The predicted octanol–water partition coefficient (Wildman–Crippen LogP) is 2.22. The number of benzene rings is 1. The minimum atomic E-state index is -0.878. The van der Waals surface area contributed by atoms with Gasteiger partial charge in [-0.25, -0.2) is 9.18 Å². The summed E-state index contributed by atoms with van der Waals surface area (Å²) >= 11 is 1.55. The molecule has 1 aromatic rings. The van der Waals surface area contributed by atoms with Gasteiger partial charge in [0, 0.05) is 17.0 Å². The Kier molecular flexibility index (Phi) is 5.43. The summed E-state index contributed by atoms with van der Waals surface area (Å²) in [6.07, 6.45) is 1.90. The van der Waals surface area contributed by atoms with Gasteiger partial charge >= 0.3 is 12.0 Å². The minimum absolute atomic E-state index is 0.200. The number of hydrogen-bond donors (Lipinski definition) is 2. The Bertz CT molecular complexity index is 594. The number of halogens is 1. The lowest BCUT2D eigenvalue weighted by Gasteiger charge is -2.33. The highest BCUT2D eigenvalue weighted by molar-refractivity contribution is 7.98. The summed E-state index contributed by atoms with van der Waals surface area (Å²) in [7, 11) is 0. The van der Waals surface area contributed by atoms with Crippen molar-refractivity contribution in [1.29, 1.82) is 0 Å². The quantitative estimate of drug-likeness (QED) is 0.644. The molecule has 2 amide bonds. The van der Waals surface area contributed by atoms with Crippen molar-refractivity contribution < 1.29 is 18.7 Å². The molecule has 7 heteroatoms. The second kappa shape index (κ2) is 7.31. The zero-order valence-electron chi connectivity index (χ0n) is 12.1. The second-order valence-electron chi connectivity index (χ2n) is 4.76. The molecule has 0 aliphatic carbocycles. The van der Waals surface area contributed by atoms with Crippen molar-refractivity contribution in [3.8, 4) is 0 Å². The van der Waals surface area contributed by atoms with E-state index in [4.69, 9.17) is 4.74 Å². The van der Waals surface area contributed by atoms with Crippen LogP contribution in [0.25, 0.3) is 0 Å². The predicted molar refractivity (Wildman–Crippen MR) is 82.8 cm³/mol. The average Bonchev–Trinajstić information content (AvgIpc) is 2.47. The summed E-state index contributed by atoms with van der Waals surface area (Å²) in [4.78, 5) is 23.9. The molecule has 1 aromatic carbocycles. The summed E-state index contributed by atoms with van der Waals surface area (Å²) in [5.74, 6) is -1.25. The van der Waals surface area contributed by atoms with E-state index in [9.17, 15) is 14.0 Å². The van der Waals surface area contributed by atoms with Crippen molar-refractivity contribution in [3.63, 3.8) is 0 Å². The lowest BCUT2D eigenvalue weighted by atomic mass is 9.89. The number of urea groups is 1. The maximum Gasteiger partial charge on any atom is 0.319 e. The molecule has 2 rings (SSSR count). The van der Waals surface area contributed by atoms with Gasteiger partial charge < -0.3 is 15.4 Å². The Morgan fingerprint density at radius 1 is 1.45 bits per heavy atom. The van der Waals surface area contributed by atoms with Gasteiger partial charge in [0.15, 0.2) is 0 Å². The molecule has 0 aromatic heterocycles. The Morgan fingerprint density at radius 2 is 2.18 bits per heavy atom. The first-order valence-corrected chi connectivity index (χ1v) is 8.10. The molecule has 0 bridgehead atoms. The van der Waals surface area contributed by atoms with Crippen molar-refractivity contribution in [3.05, 3.63) is 47.9 Å². The summed E-state index contributed by atoms with van der Waals surface area (Å²) in [6.45, 7) is 3.95. The van der Waals surface area contributed by atoms with Crippen LogP contribution in [0.1, 0.15) is 11.6 Å². The topological polar surface area (TPSA) is 67.4 Å². The van der Waals surface area contributed by atoms with Crippen LogP contribution in [0.3, 0.4) is 0 Å². The Hall–Kier alpha value is -2.02. The van der Waals surface area contributed by atoms with E-state index in [2.05, 4.69) is 17.2 Å². The number of amides is 2. The van der Waals surface area contributed by atoms with Crippen LogP contribution >= 0.6 is 11.8 Å². The summed E-state index contributed by atoms with van der Waals surface area (Å²) < 4.78 is 19.2. The molecule has 118 valence electrons. The van der Waals surface area contributed by atoms with Gasteiger partial charge in [0.2, 0.25) is 0 Å². The molecular formula is C15H17FN2O3S. The minimum Gasteiger partial charge on any atom is -0.464 e. The molecule has 0 spiro atoms. The summed E-state index contributed by atoms with van der Waals surface area (Å²) in [5.41, 5.74) is 0.427. The summed E-state index contributed by atoms with van der Waals surface area (Å²) in [6, 6.07) is 4.63. The zero-order chi connectivity index (χ0) is 16.1. The van der Waals surface area contributed by atoms with Crippen molar-refractivity contribution in [2.24, 2.45) is 5.92 Å². The van der Waals surface area contributed by atoms with E-state index in [-0.39, 0.29) is 17.9 Å². The molecule has 0 saturated carbocycles. The molecule has 1 heterocycles. The van der Waals surface area contributed by atoms with Crippen molar-refractivity contribution in [1.82, 2.24) is 10.6 Å². The maximum absolute atomic E-state index is 14.0. The highest BCUT2D eigenvalue weighted by atomic mass is 32.2. The van der Waals surface area contributed by atoms with Gasteiger partial charge in [-0.1, -0.05) is 24.8 Å². The Balaban J connectivity index is 2.26. The number of ether oxygens (including phenoxy) is 1. The molecule has 1 fully saturated rings. The van der Waals surface area contributed by atoms with Gasteiger partial charge in [0.1, 0.15) is 18.3 Å². The van der Waals surface area contributed by atoms with Gasteiger partial charge in [-0.2, -0.15) is 11.8 Å². The van der Waals surface area contributed by atoms with Gasteiger partial charge in [-0.15, -0.1) is 0 Å². The van der Waals surface area contributed by atoms with Crippen LogP contribution in [0, 0.1) is 11.7 Å². The SMILES string of the molecule is C=C1NC(=O)N[C@H](c2ccccc2F)[C@H]1C(=O)OCCSC. The number of carbonyl (C=O) groups is 2. The molecule has 1 aliphatic heterocycles. The number of thioether (sulfide) groups is 1. The van der Waals surface area contributed by atoms with Crippen LogP contribution in [-0.2, 0) is 9.53 Å². The molecule has 22 heavy (non-hydrogen) atoms. The zero-order valence-corrected chi connectivity index (χ0v) is 12.9. The normalized spacial score (nSPS) is 21.0. The number of hydrogen-bond acceptors (Lipinski definition) is 4. The molecule has 2 atom stereocenters. The number of rotatable bonds is 5. The van der Waals surface area contributed by atoms with E-state index < -0.39 is 29.8 Å². The van der Waals surface area contributed by atoms with Crippen molar-refractivity contribution in [2.45, 2.75) is 6.04 Å². The number of esters is 1. The van der Waals surface area contributed by atoms with Crippen LogP contribution < -0.4 is 10.6 Å². The highest BCUT2D eigenvalue weighted by Crippen LogP contribution is 2.31. The van der Waals surface area contributed by atoms with Crippen LogP contribution in [0.5, 0.6) is 0 Å². The lowest BCUT2D eigenvalue weighted by Crippen LogP contribution is -2.51. The molecular weight excluding hydrogens is 307 g/mol. The number of carbonyl (C=O) groups excluding carboxylic acids is 2. The molecule has 1 aliphatic rings. The van der Waals surface area contributed by atoms with Crippen LogP contribution in [0.15, 0.2) is 36.5 Å². The third kappa shape index (κ3) is 3.59. The molecule has 2 N–H and O–H groups in total. The summed E-state index contributed by atoms with van der Waals surface area (Å²) in [5, 5.41) is 5.02. The fraction of sp³-hybridized carbons (Fsp3) is 0.333. The van der Waals surface area contributed by atoms with Crippen molar-refractivity contribution >= 4 is 23.8 Å². The van der Waals surface area contributed by atoms with E-state index in [1.54, 1.807) is 23.9 Å². The third-order valence-corrected chi connectivity index (χ3v) is 3.87. The Morgan fingerprint density at radius 3 is 2.86 bits per heavy atom. The standard InChI is InChI=1S/C15H17FN2O3S/c1-9-12(14(19)21-7-8-22-2)13(18-15(20)17-9)10-5-3-4-6-11(10)16/h3-6,12-13H,1,7-8H2,2H3,(H2,17,18,20)/t12-,13+/m0/s1. The maximum atomic E-state index is 14.0. The highest BCUT2D eigenvalue weighted by Gasteiger charge is 2.39. The molecule has 5 nitrogen and oxygen atoms in total. The second-order valence-corrected chi connectivity index (χ2v) is 5.75. The molecule has 0 unspecified atom stereocenters. The van der Waals surface area contributed by atoms with Gasteiger partial charge in [-0.3, -0.25) is 4.79 Å². The van der Waals surface area contributed by atoms with E-state index in [0.29, 0.717) is 5.75 Å². The van der Waals surface area contributed by atoms with Gasteiger partial charge in [0.05, 0.1) is 6.04 Å². The fourth-order valence-electron chi connectivity index (χ4n) is 2.26. The van der Waals surface area contributed by atoms with Crippen LogP contribution in [0.4, 0.5) is 9.18 Å². The largest absolute Gasteiger partial charge is 0.464 e. The third-order valence-electron chi connectivity index (χ3n) is 3.30. The fourth-order valence-corrected chi connectivity index (χ4v) is 2.51. The first kappa shape index (κ1) is 16.4. The van der Waals surface area contributed by atoms with Crippen LogP contribution in [0.2, 0.25) is 0 Å². The lowest BCUT2D eigenvalue weighted by molar-refractivity contribution is -0.147. The molecule has 0 radical (unpaired) electrons. The first-order valence-electron chi connectivity index (χ1n) is 6.71. The van der Waals surface area contributed by atoms with Crippen LogP contribution in [-0.4, -0.2) is 30.6 Å². The molecule has 1 saturated heterocycles. The average molecular weight is 324 g/mol. The number of nitrogens with one attached hydrogen (secondary N) is 2. The first-order chi connectivity index (χ1) is 10.5. The smallest absolute Gasteiger partial charge is 0.319 e. The van der Waals surface area contributed by atoms with E-state index in [1.165, 1.54) is 12.1 Å². The van der Waals surface area contributed by atoms with Gasteiger partial charge in [0.25, 0.3) is 0 Å².